The summed E-state index contributed by atoms with van der Waals surface area (Å²) < 4.78 is 0. The number of hydrogen-bond acceptors (Lipinski definition) is 2. The predicted octanol–water partition coefficient (Wildman–Crippen LogP) is 3.98. The number of aromatic carboxylic acids is 1. The van der Waals surface area contributed by atoms with Crippen LogP contribution in [0.3, 0.4) is 0 Å². The Morgan fingerprint density at radius 2 is 2.00 bits per heavy atom. The first kappa shape index (κ1) is 14.4. The van der Waals surface area contributed by atoms with Gasteiger partial charge in [-0.15, -0.1) is 0 Å². The number of carboxylic acids is 1. The van der Waals surface area contributed by atoms with Gasteiger partial charge < -0.3 is 10.0 Å². The summed E-state index contributed by atoms with van der Waals surface area (Å²) in [7, 11) is 1.98. The highest BCUT2D eigenvalue weighted by Crippen LogP contribution is 2.22. The van der Waals surface area contributed by atoms with Crippen LogP contribution in [0.1, 0.15) is 21.5 Å². The van der Waals surface area contributed by atoms with E-state index in [0.29, 0.717) is 11.6 Å². The molecule has 0 atom stereocenters. The Kier molecular flexibility index (Phi) is 4.30. The van der Waals surface area contributed by atoms with Crippen LogP contribution < -0.4 is 4.90 Å². The molecule has 0 fully saturated rings. The second-order valence-electron chi connectivity index (χ2n) is 4.81. The van der Waals surface area contributed by atoms with Gasteiger partial charge in [0, 0.05) is 24.3 Å². The Labute approximate surface area is 123 Å². The quantitative estimate of drug-likeness (QED) is 0.925. The maximum atomic E-state index is 10.9. The van der Waals surface area contributed by atoms with Gasteiger partial charge in [-0.3, -0.25) is 0 Å². The van der Waals surface area contributed by atoms with E-state index < -0.39 is 5.97 Å². The van der Waals surface area contributed by atoms with E-state index in [0.717, 1.165) is 11.3 Å². The first-order valence-electron chi connectivity index (χ1n) is 6.27. The second-order valence-corrected chi connectivity index (χ2v) is 5.21. The van der Waals surface area contributed by atoms with E-state index in [1.165, 1.54) is 11.6 Å². The van der Waals surface area contributed by atoms with Crippen molar-refractivity contribution < 1.29 is 9.90 Å². The van der Waals surface area contributed by atoms with Crippen LogP contribution in [-0.2, 0) is 6.54 Å². The molecule has 2 rings (SSSR count). The molecule has 0 aliphatic rings. The number of rotatable bonds is 4. The van der Waals surface area contributed by atoms with Crippen LogP contribution in [0.4, 0.5) is 5.69 Å². The fraction of sp³-hybridized carbons (Fsp3) is 0.188. The molecular weight excluding hydrogens is 274 g/mol. The van der Waals surface area contributed by atoms with Crippen LogP contribution in [0.25, 0.3) is 0 Å². The van der Waals surface area contributed by atoms with Crippen LogP contribution in [0.15, 0.2) is 42.5 Å². The van der Waals surface area contributed by atoms with Crippen molar-refractivity contribution in [3.63, 3.8) is 0 Å². The molecule has 0 unspecified atom stereocenters. The van der Waals surface area contributed by atoms with Crippen molar-refractivity contribution in [1.29, 1.82) is 0 Å². The molecule has 0 saturated heterocycles. The average molecular weight is 290 g/mol. The van der Waals surface area contributed by atoms with Gasteiger partial charge in [-0.25, -0.2) is 4.79 Å². The average Bonchev–Trinajstić information content (AvgIpc) is 2.40. The molecule has 0 aliphatic heterocycles. The third kappa shape index (κ3) is 3.31. The van der Waals surface area contributed by atoms with Crippen molar-refractivity contribution in [2.75, 3.05) is 11.9 Å². The molecule has 20 heavy (non-hydrogen) atoms. The van der Waals surface area contributed by atoms with Gasteiger partial charge in [0.05, 0.1) is 5.56 Å². The van der Waals surface area contributed by atoms with E-state index in [9.17, 15) is 4.79 Å². The third-order valence-electron chi connectivity index (χ3n) is 3.15. The predicted molar refractivity (Wildman–Crippen MR) is 81.7 cm³/mol. The van der Waals surface area contributed by atoms with Gasteiger partial charge in [0.2, 0.25) is 0 Å². The van der Waals surface area contributed by atoms with Gasteiger partial charge in [0.25, 0.3) is 0 Å². The van der Waals surface area contributed by atoms with E-state index in [1.54, 1.807) is 12.1 Å². The van der Waals surface area contributed by atoms with Crippen LogP contribution in [0.2, 0.25) is 5.02 Å². The largest absolute Gasteiger partial charge is 0.478 e. The zero-order valence-corrected chi connectivity index (χ0v) is 12.2. The lowest BCUT2D eigenvalue weighted by Gasteiger charge is -2.20. The summed E-state index contributed by atoms with van der Waals surface area (Å²) in [4.78, 5) is 13.0. The Hall–Kier alpha value is -2.00. The number of anilines is 1. The molecule has 104 valence electrons. The van der Waals surface area contributed by atoms with E-state index in [-0.39, 0.29) is 5.56 Å². The maximum absolute atomic E-state index is 10.9. The fourth-order valence-corrected chi connectivity index (χ4v) is 2.26. The van der Waals surface area contributed by atoms with E-state index in [1.807, 2.05) is 32.2 Å². The Bertz CT molecular complexity index is 640. The summed E-state index contributed by atoms with van der Waals surface area (Å²) in [5.74, 6) is -0.967. The van der Waals surface area contributed by atoms with Gasteiger partial charge in [0.1, 0.15) is 0 Å². The van der Waals surface area contributed by atoms with Gasteiger partial charge >= 0.3 is 5.97 Å². The molecule has 0 saturated carbocycles. The van der Waals surface area contributed by atoms with Crippen LogP contribution in [-0.4, -0.2) is 18.1 Å². The number of hydrogen-bond donors (Lipinski definition) is 1. The van der Waals surface area contributed by atoms with Crippen LogP contribution in [0.5, 0.6) is 0 Å². The molecule has 2 aromatic rings. The molecule has 0 bridgehead atoms. The van der Waals surface area contributed by atoms with E-state index >= 15 is 0 Å². The minimum atomic E-state index is -0.967. The van der Waals surface area contributed by atoms with Crippen molar-refractivity contribution >= 4 is 23.3 Å². The lowest BCUT2D eigenvalue weighted by molar-refractivity contribution is 0.0697. The zero-order valence-electron chi connectivity index (χ0n) is 11.4. The summed E-state index contributed by atoms with van der Waals surface area (Å²) in [6.45, 7) is 2.67. The van der Waals surface area contributed by atoms with E-state index in [4.69, 9.17) is 16.7 Å². The Balaban J connectivity index is 2.19. The highest BCUT2D eigenvalue weighted by atomic mass is 35.5. The zero-order chi connectivity index (χ0) is 14.7. The molecule has 0 spiro atoms. The SMILES string of the molecule is Cc1cccc(N(C)Cc2ccc(C(=O)O)cc2Cl)c1. The number of nitrogens with zero attached hydrogens (tertiary/aromatic N) is 1. The summed E-state index contributed by atoms with van der Waals surface area (Å²) in [6, 6.07) is 13.0. The molecule has 0 aliphatic carbocycles. The molecular formula is C16H16ClNO2. The summed E-state index contributed by atoms with van der Waals surface area (Å²) in [5.41, 5.74) is 3.41. The Morgan fingerprint density at radius 3 is 2.60 bits per heavy atom. The van der Waals surface area contributed by atoms with Crippen LogP contribution >= 0.6 is 11.6 Å². The first-order chi connectivity index (χ1) is 9.47. The number of carbonyl (C=O) groups is 1. The summed E-state index contributed by atoms with van der Waals surface area (Å²) in [5, 5.41) is 9.40. The van der Waals surface area contributed by atoms with Gasteiger partial charge in [-0.2, -0.15) is 0 Å². The third-order valence-corrected chi connectivity index (χ3v) is 3.50. The van der Waals surface area contributed by atoms with Gasteiger partial charge in [-0.1, -0.05) is 29.8 Å². The first-order valence-corrected chi connectivity index (χ1v) is 6.64. The standard InChI is InChI=1S/C16H16ClNO2/c1-11-4-3-5-14(8-11)18(2)10-13-7-6-12(16(19)20)9-15(13)17/h3-9H,10H2,1-2H3,(H,19,20). The monoisotopic (exact) mass is 289 g/mol. The number of halogens is 1. The molecule has 1 N–H and O–H groups in total. The Morgan fingerprint density at radius 1 is 1.25 bits per heavy atom. The summed E-state index contributed by atoms with van der Waals surface area (Å²) in [6.07, 6.45) is 0. The lowest BCUT2D eigenvalue weighted by atomic mass is 10.1. The number of aryl methyl sites for hydroxylation is 1. The summed E-state index contributed by atoms with van der Waals surface area (Å²) >= 11 is 6.15. The maximum Gasteiger partial charge on any atom is 0.335 e. The molecule has 0 aromatic heterocycles. The van der Waals surface area contributed by atoms with E-state index in [2.05, 4.69) is 11.0 Å². The van der Waals surface area contributed by atoms with Crippen molar-refractivity contribution in [3.8, 4) is 0 Å². The number of carboxylic acid groups (broad SMARTS) is 1. The topological polar surface area (TPSA) is 40.5 Å². The lowest BCUT2D eigenvalue weighted by Crippen LogP contribution is -2.16. The van der Waals surface area contributed by atoms with Crippen molar-refractivity contribution in [2.24, 2.45) is 0 Å². The van der Waals surface area contributed by atoms with Gasteiger partial charge in [-0.05, 0) is 42.3 Å². The molecule has 4 heteroatoms. The number of benzene rings is 2. The van der Waals surface area contributed by atoms with Crippen molar-refractivity contribution in [3.05, 3.63) is 64.2 Å². The normalized spacial score (nSPS) is 10.3. The molecule has 0 heterocycles. The molecule has 2 aromatic carbocycles. The smallest absolute Gasteiger partial charge is 0.335 e. The minimum absolute atomic E-state index is 0.206. The minimum Gasteiger partial charge on any atom is -0.478 e. The highest BCUT2D eigenvalue weighted by molar-refractivity contribution is 6.31. The second kappa shape index (κ2) is 5.97. The van der Waals surface area contributed by atoms with Crippen molar-refractivity contribution in [2.45, 2.75) is 13.5 Å². The van der Waals surface area contributed by atoms with Gasteiger partial charge in [0.15, 0.2) is 0 Å². The molecule has 0 amide bonds. The van der Waals surface area contributed by atoms with Crippen LogP contribution in [0, 0.1) is 6.92 Å². The molecule has 0 radical (unpaired) electrons. The highest BCUT2D eigenvalue weighted by Gasteiger charge is 2.09. The fourth-order valence-electron chi connectivity index (χ4n) is 2.02. The molecule has 3 nitrogen and oxygen atoms in total. The van der Waals surface area contributed by atoms with Crippen molar-refractivity contribution in [1.82, 2.24) is 0 Å².